The lowest BCUT2D eigenvalue weighted by Crippen LogP contribution is -2.35. The summed E-state index contributed by atoms with van der Waals surface area (Å²) in [7, 11) is -1.78. The van der Waals surface area contributed by atoms with Crippen molar-refractivity contribution in [1.29, 1.82) is 0 Å². The Kier molecular flexibility index (Phi) is 8.06. The number of rotatable bonds is 7. The third-order valence-corrected chi connectivity index (χ3v) is 14.6. The second kappa shape index (κ2) is 12.4. The highest BCUT2D eigenvalue weighted by atomic mass is 31.1. The first-order valence-corrected chi connectivity index (χ1v) is 19.5. The lowest BCUT2D eigenvalue weighted by molar-refractivity contribution is -0.124. The van der Waals surface area contributed by atoms with Gasteiger partial charge in [-0.15, -0.1) is 0 Å². The van der Waals surface area contributed by atoms with Gasteiger partial charge in [-0.25, -0.2) is 0 Å². The number of allylic oxidation sites excluding steroid dienone is 2. The molecule has 6 heteroatoms. The molecule has 1 aliphatic carbocycles. The largest absolute Gasteiger partial charge is 0.454 e. The van der Waals surface area contributed by atoms with Gasteiger partial charge in [0.1, 0.15) is 11.5 Å². The molecule has 48 heavy (non-hydrogen) atoms. The van der Waals surface area contributed by atoms with Crippen LogP contribution < -0.4 is 36.0 Å². The maximum absolute atomic E-state index is 6.91. The van der Waals surface area contributed by atoms with Crippen molar-refractivity contribution < 1.29 is 18.9 Å². The van der Waals surface area contributed by atoms with Gasteiger partial charge < -0.3 is 18.9 Å². The minimum atomic E-state index is -0.965. The van der Waals surface area contributed by atoms with Crippen molar-refractivity contribution in [2.24, 2.45) is 0 Å². The van der Waals surface area contributed by atoms with Gasteiger partial charge in [0.15, 0.2) is 11.5 Å². The average Bonchev–Trinajstić information content (AvgIpc) is 3.60. The van der Waals surface area contributed by atoms with Gasteiger partial charge in [-0.2, -0.15) is 0 Å². The van der Waals surface area contributed by atoms with E-state index in [1.807, 2.05) is 27.7 Å². The Bertz CT molecular complexity index is 1860. The van der Waals surface area contributed by atoms with Gasteiger partial charge in [0, 0.05) is 45.3 Å². The Morgan fingerprint density at radius 2 is 1.04 bits per heavy atom. The van der Waals surface area contributed by atoms with Crippen LogP contribution in [0, 0.1) is 0 Å². The van der Waals surface area contributed by atoms with Crippen molar-refractivity contribution >= 4 is 42.4 Å². The highest BCUT2D eigenvalue weighted by Crippen LogP contribution is 2.60. The summed E-state index contributed by atoms with van der Waals surface area (Å²) < 4.78 is 26.8. The monoisotopic (exact) mass is 670 g/mol. The summed E-state index contributed by atoms with van der Waals surface area (Å²) in [6, 6.07) is 48.3. The molecule has 1 unspecified atom stereocenters. The minimum absolute atomic E-state index is 0.123. The first-order chi connectivity index (χ1) is 23.3. The molecule has 0 saturated heterocycles. The van der Waals surface area contributed by atoms with Crippen LogP contribution in [-0.2, 0) is 9.47 Å². The molecule has 0 amide bonds. The predicted octanol–water partition coefficient (Wildman–Crippen LogP) is 8.33. The normalized spacial score (nSPS) is 20.4. The van der Waals surface area contributed by atoms with Crippen molar-refractivity contribution in [1.82, 2.24) is 0 Å². The summed E-state index contributed by atoms with van der Waals surface area (Å²) in [5.41, 5.74) is 1.37. The Hall–Kier alpha value is -4.10. The number of hydrogen-bond acceptors (Lipinski definition) is 4. The van der Waals surface area contributed by atoms with Gasteiger partial charge in [-0.1, -0.05) is 121 Å². The van der Waals surface area contributed by atoms with E-state index in [4.69, 9.17) is 18.9 Å². The van der Waals surface area contributed by atoms with E-state index in [1.54, 1.807) is 0 Å². The lowest BCUT2D eigenvalue weighted by Gasteiger charge is -2.39. The Balaban J connectivity index is 1.42. The third-order valence-electron chi connectivity index (χ3n) is 9.16. The maximum Gasteiger partial charge on any atom is 0.246 e. The maximum atomic E-state index is 6.91. The highest BCUT2D eigenvalue weighted by Gasteiger charge is 2.50. The van der Waals surface area contributed by atoms with Crippen molar-refractivity contribution in [3.8, 4) is 11.5 Å². The van der Waals surface area contributed by atoms with Gasteiger partial charge in [-0.05, 0) is 60.9 Å². The molecule has 5 aromatic carbocycles. The predicted molar refractivity (Wildman–Crippen MR) is 199 cm³/mol. The molecule has 0 aromatic heterocycles. The first kappa shape index (κ1) is 31.2. The standard InChI is InChI=1S/C42H40O4P2/c1-41(2)43-33-25-27-35(47(29-17-9-5-10-18-29)30-19-11-6-12-20-30)37(39(33)45-41)38-36(28-26-34-40(38)46-42(3,4)44-34)48(31-21-13-7-14-22-31)32-23-15-8-16-24-32/h5-25,27,36,38H,26,28H2,1-4H3/t36-,38?/m0/s1. The van der Waals surface area contributed by atoms with Crippen molar-refractivity contribution in [2.75, 3.05) is 0 Å². The number of benzene rings is 5. The third kappa shape index (κ3) is 5.80. The zero-order valence-electron chi connectivity index (χ0n) is 27.8. The summed E-state index contributed by atoms with van der Waals surface area (Å²) in [6.07, 6.45) is 1.79. The topological polar surface area (TPSA) is 36.9 Å². The minimum Gasteiger partial charge on any atom is -0.454 e. The van der Waals surface area contributed by atoms with E-state index < -0.39 is 27.4 Å². The van der Waals surface area contributed by atoms with Crippen molar-refractivity contribution in [2.45, 2.75) is 63.7 Å². The summed E-state index contributed by atoms with van der Waals surface area (Å²) in [4.78, 5) is 0. The SMILES string of the molecule is CC1(C)OC2=C(O1)C(c1c(P(c3ccccc3)c3ccccc3)ccc3c1OC(C)(C)O3)[C@@H](P(c1ccccc1)c1ccccc1)CC2. The van der Waals surface area contributed by atoms with Crippen LogP contribution in [0.4, 0.5) is 0 Å². The van der Waals surface area contributed by atoms with E-state index in [0.29, 0.717) is 0 Å². The Morgan fingerprint density at radius 1 is 0.542 bits per heavy atom. The number of fused-ring (bicyclic) bond motifs is 1. The summed E-state index contributed by atoms with van der Waals surface area (Å²) in [6.45, 7) is 8.04. The van der Waals surface area contributed by atoms with Gasteiger partial charge in [0.2, 0.25) is 11.6 Å². The van der Waals surface area contributed by atoms with Crippen LogP contribution in [0.1, 0.15) is 52.0 Å². The fourth-order valence-corrected chi connectivity index (χ4v) is 12.9. The number of hydrogen-bond donors (Lipinski definition) is 0. The van der Waals surface area contributed by atoms with E-state index >= 15 is 0 Å². The van der Waals surface area contributed by atoms with Gasteiger partial charge in [-0.3, -0.25) is 0 Å². The molecular formula is C42H40O4P2. The quantitative estimate of drug-likeness (QED) is 0.163. The van der Waals surface area contributed by atoms with E-state index in [2.05, 4.69) is 133 Å². The zero-order valence-corrected chi connectivity index (χ0v) is 29.6. The lowest BCUT2D eigenvalue weighted by atomic mass is 9.85. The second-order valence-corrected chi connectivity index (χ2v) is 18.1. The van der Waals surface area contributed by atoms with Crippen LogP contribution in [0.15, 0.2) is 145 Å². The molecule has 0 fully saturated rings. The van der Waals surface area contributed by atoms with Crippen LogP contribution in [-0.4, -0.2) is 17.2 Å². The molecule has 2 heterocycles. The van der Waals surface area contributed by atoms with Crippen LogP contribution in [0.5, 0.6) is 11.5 Å². The zero-order chi connectivity index (χ0) is 32.9. The van der Waals surface area contributed by atoms with E-state index in [1.165, 1.54) is 26.5 Å². The molecule has 8 rings (SSSR count). The molecule has 2 aliphatic heterocycles. The fraction of sp³-hybridized carbons (Fsp3) is 0.238. The van der Waals surface area contributed by atoms with Crippen molar-refractivity contribution in [3.05, 3.63) is 151 Å². The molecule has 242 valence electrons. The average molecular weight is 671 g/mol. The van der Waals surface area contributed by atoms with Crippen LogP contribution in [0.25, 0.3) is 0 Å². The Labute approximate surface area is 286 Å². The van der Waals surface area contributed by atoms with E-state index in [0.717, 1.165) is 41.4 Å². The molecule has 0 radical (unpaired) electrons. The molecule has 5 aromatic rings. The second-order valence-electron chi connectivity index (χ2n) is 13.5. The molecule has 4 nitrogen and oxygen atoms in total. The Morgan fingerprint density at radius 3 is 1.58 bits per heavy atom. The molecule has 3 aliphatic rings. The summed E-state index contributed by atoms with van der Waals surface area (Å²) >= 11 is 0. The molecule has 0 spiro atoms. The van der Waals surface area contributed by atoms with Gasteiger partial charge in [0.05, 0.1) is 5.92 Å². The van der Waals surface area contributed by atoms with Gasteiger partial charge >= 0.3 is 0 Å². The van der Waals surface area contributed by atoms with Crippen molar-refractivity contribution in [3.63, 3.8) is 0 Å². The first-order valence-electron chi connectivity index (χ1n) is 16.7. The van der Waals surface area contributed by atoms with Crippen LogP contribution in [0.2, 0.25) is 0 Å². The smallest absolute Gasteiger partial charge is 0.246 e. The van der Waals surface area contributed by atoms with Crippen LogP contribution in [0.3, 0.4) is 0 Å². The fourth-order valence-electron chi connectivity index (χ4n) is 7.40. The summed E-state index contributed by atoms with van der Waals surface area (Å²) in [5, 5.41) is 6.55. The molecule has 0 saturated carbocycles. The van der Waals surface area contributed by atoms with E-state index in [9.17, 15) is 0 Å². The highest BCUT2D eigenvalue weighted by molar-refractivity contribution is 7.80. The molecule has 0 N–H and O–H groups in total. The molecule has 0 bridgehead atoms. The molecular weight excluding hydrogens is 630 g/mol. The number of ether oxygens (including phenoxy) is 4. The van der Waals surface area contributed by atoms with Crippen LogP contribution >= 0.6 is 15.8 Å². The molecule has 2 atom stereocenters. The summed E-state index contributed by atoms with van der Waals surface area (Å²) in [5.74, 6) is 1.83. The van der Waals surface area contributed by atoms with Gasteiger partial charge in [0.25, 0.3) is 0 Å². The van der Waals surface area contributed by atoms with E-state index in [-0.39, 0.29) is 11.6 Å².